The Balaban J connectivity index is 0. The third-order valence-corrected chi connectivity index (χ3v) is 5.89. The van der Waals surface area contributed by atoms with E-state index in [1.165, 1.54) is 0 Å². The molecule has 0 aliphatic rings. The van der Waals surface area contributed by atoms with Crippen molar-refractivity contribution in [3.63, 3.8) is 0 Å². The van der Waals surface area contributed by atoms with Crippen molar-refractivity contribution in [2.75, 3.05) is 98.6 Å². The fourth-order valence-corrected chi connectivity index (χ4v) is 2.98. The number of thioether (sulfide) groups is 1. The fourth-order valence-electron chi connectivity index (χ4n) is 2.64. The minimum atomic E-state index is -0.298. The molecule has 0 aromatic heterocycles. The molecule has 2 amide bonds. The summed E-state index contributed by atoms with van der Waals surface area (Å²) in [4.78, 5) is 35.2. The number of amides is 2. The van der Waals surface area contributed by atoms with Gasteiger partial charge in [0.1, 0.15) is 12.9 Å². The first kappa shape index (κ1) is 38.7. The Bertz CT molecular complexity index is 545. The molecule has 11 nitrogen and oxygen atoms in total. The molecule has 0 aliphatic heterocycles. The molecule has 0 heterocycles. The van der Waals surface area contributed by atoms with Crippen LogP contribution >= 0.6 is 11.8 Å². The summed E-state index contributed by atoms with van der Waals surface area (Å²) in [6.45, 7) is 14.4. The molecule has 0 aromatic rings. The van der Waals surface area contributed by atoms with E-state index in [2.05, 4.69) is 18.5 Å². The Morgan fingerprint density at radius 1 is 0.842 bits per heavy atom. The second-order valence-corrected chi connectivity index (χ2v) is 8.92. The van der Waals surface area contributed by atoms with Gasteiger partial charge in [-0.1, -0.05) is 20.8 Å². The Morgan fingerprint density at radius 2 is 1.32 bits per heavy atom. The van der Waals surface area contributed by atoms with Crippen molar-refractivity contribution in [2.45, 2.75) is 52.2 Å². The van der Waals surface area contributed by atoms with E-state index >= 15 is 0 Å². The van der Waals surface area contributed by atoms with Gasteiger partial charge in [-0.3, -0.25) is 4.79 Å². The van der Waals surface area contributed by atoms with E-state index in [0.29, 0.717) is 91.0 Å². The summed E-state index contributed by atoms with van der Waals surface area (Å²) in [5.41, 5.74) is 0. The third-order valence-electron chi connectivity index (χ3n) is 4.85. The van der Waals surface area contributed by atoms with E-state index in [-0.39, 0.29) is 31.4 Å². The lowest BCUT2D eigenvalue weighted by Gasteiger charge is -2.21. The second-order valence-electron chi connectivity index (χ2n) is 7.65. The van der Waals surface area contributed by atoms with E-state index in [4.69, 9.17) is 28.4 Å². The van der Waals surface area contributed by atoms with Crippen LogP contribution in [0, 0.1) is 0 Å². The van der Waals surface area contributed by atoms with E-state index in [1.807, 2.05) is 20.8 Å². The Labute approximate surface area is 233 Å². The van der Waals surface area contributed by atoms with Crippen LogP contribution in [0.4, 0.5) is 4.79 Å². The van der Waals surface area contributed by atoms with Gasteiger partial charge in [0.15, 0.2) is 0 Å². The molecule has 0 radical (unpaired) electrons. The second kappa shape index (κ2) is 31.8. The molecule has 0 aromatic carbocycles. The van der Waals surface area contributed by atoms with E-state index in [1.54, 1.807) is 16.7 Å². The van der Waals surface area contributed by atoms with Gasteiger partial charge >= 0.3 is 6.09 Å². The monoisotopic (exact) mass is 568 g/mol. The van der Waals surface area contributed by atoms with E-state index in [9.17, 15) is 14.4 Å². The first-order valence-corrected chi connectivity index (χ1v) is 14.9. The number of aldehydes is 1. The summed E-state index contributed by atoms with van der Waals surface area (Å²) in [5, 5.41) is 3.18. The summed E-state index contributed by atoms with van der Waals surface area (Å²) in [5.74, 6) is -0.153. The maximum Gasteiger partial charge on any atom is 0.409 e. The number of carbonyl (C=O) groups is 3. The maximum atomic E-state index is 12.1. The molecule has 0 saturated carbocycles. The zero-order valence-corrected chi connectivity index (χ0v) is 25.0. The van der Waals surface area contributed by atoms with Crippen LogP contribution in [0.25, 0.3) is 0 Å². The molecule has 12 heteroatoms. The summed E-state index contributed by atoms with van der Waals surface area (Å²) in [7, 11) is 0. The highest BCUT2D eigenvalue weighted by Crippen LogP contribution is 2.10. The molecule has 1 N–H and O–H groups in total. The first-order chi connectivity index (χ1) is 18.5. The van der Waals surface area contributed by atoms with Crippen LogP contribution in [0.1, 0.15) is 47.0 Å². The molecule has 226 valence electrons. The Kier molecular flexibility index (Phi) is 32.4. The molecular weight excluding hydrogens is 516 g/mol. The molecule has 0 aliphatic carbocycles. The van der Waals surface area contributed by atoms with Crippen molar-refractivity contribution in [1.29, 1.82) is 0 Å². The van der Waals surface area contributed by atoms with Crippen molar-refractivity contribution >= 4 is 30.0 Å². The zero-order chi connectivity index (χ0) is 28.7. The lowest BCUT2D eigenvalue weighted by atomic mass is 10.3. The quantitative estimate of drug-likeness (QED) is 0.123. The molecular formula is C26H52N2O9S. The van der Waals surface area contributed by atoms with Crippen molar-refractivity contribution in [3.8, 4) is 0 Å². The molecule has 0 spiro atoms. The number of nitrogens with zero attached hydrogens (tertiary/aromatic N) is 1. The predicted octanol–water partition coefficient (Wildman–Crippen LogP) is 2.79. The van der Waals surface area contributed by atoms with Gasteiger partial charge in [-0.25, -0.2) is 4.79 Å². The minimum absolute atomic E-state index is 0.153. The predicted molar refractivity (Wildman–Crippen MR) is 150 cm³/mol. The van der Waals surface area contributed by atoms with Crippen molar-refractivity contribution < 1.29 is 42.8 Å². The molecule has 1 unspecified atom stereocenters. The molecule has 0 rings (SSSR count). The molecule has 1 atom stereocenters. The zero-order valence-electron chi connectivity index (χ0n) is 24.2. The van der Waals surface area contributed by atoms with Crippen LogP contribution in [-0.2, 0) is 38.0 Å². The number of ether oxygens (including phenoxy) is 6. The van der Waals surface area contributed by atoms with Crippen LogP contribution < -0.4 is 5.32 Å². The van der Waals surface area contributed by atoms with Crippen LogP contribution in [0.2, 0.25) is 0 Å². The van der Waals surface area contributed by atoms with Gasteiger partial charge < -0.3 is 43.4 Å². The topological polar surface area (TPSA) is 122 Å². The number of carbonyl (C=O) groups excluding carboxylic acids is 3. The Morgan fingerprint density at radius 3 is 1.76 bits per heavy atom. The number of nitrogens with one attached hydrogen (secondary N) is 1. The van der Waals surface area contributed by atoms with Crippen molar-refractivity contribution in [1.82, 2.24) is 10.2 Å². The van der Waals surface area contributed by atoms with Gasteiger partial charge in [0.05, 0.1) is 66.1 Å². The molecule has 0 fully saturated rings. The summed E-state index contributed by atoms with van der Waals surface area (Å²) in [6, 6.07) is 0. The largest absolute Gasteiger partial charge is 0.447 e. The van der Waals surface area contributed by atoms with Gasteiger partial charge in [-0.2, -0.15) is 11.8 Å². The lowest BCUT2D eigenvalue weighted by molar-refractivity contribution is -0.122. The van der Waals surface area contributed by atoms with Gasteiger partial charge in [-0.05, 0) is 19.6 Å². The van der Waals surface area contributed by atoms with Gasteiger partial charge in [0.2, 0.25) is 5.91 Å². The smallest absolute Gasteiger partial charge is 0.409 e. The van der Waals surface area contributed by atoms with Crippen molar-refractivity contribution in [2.24, 2.45) is 0 Å². The van der Waals surface area contributed by atoms with E-state index in [0.717, 1.165) is 12.7 Å². The summed E-state index contributed by atoms with van der Waals surface area (Å²) < 4.78 is 32.2. The SMILES string of the molecule is CC.CCN(CCC(C)SC)C(=O)OCCOCCOCCOCCOCCOCCNC(=O)CCC=O. The van der Waals surface area contributed by atoms with E-state index < -0.39 is 0 Å². The summed E-state index contributed by atoms with van der Waals surface area (Å²) >= 11 is 1.79. The van der Waals surface area contributed by atoms with Gasteiger partial charge in [0.25, 0.3) is 0 Å². The average Bonchev–Trinajstić information content (AvgIpc) is 2.94. The first-order valence-electron chi connectivity index (χ1n) is 13.6. The van der Waals surface area contributed by atoms with Crippen LogP contribution in [0.15, 0.2) is 0 Å². The van der Waals surface area contributed by atoms with Crippen LogP contribution in [-0.4, -0.2) is 127 Å². The average molecular weight is 569 g/mol. The number of hydrogen-bond donors (Lipinski definition) is 1. The van der Waals surface area contributed by atoms with Crippen LogP contribution in [0.5, 0.6) is 0 Å². The highest BCUT2D eigenvalue weighted by atomic mass is 32.2. The minimum Gasteiger partial charge on any atom is -0.447 e. The molecule has 38 heavy (non-hydrogen) atoms. The summed E-state index contributed by atoms with van der Waals surface area (Å²) in [6.07, 6.45) is 3.88. The molecule has 0 bridgehead atoms. The fraction of sp³-hybridized carbons (Fsp3) is 0.885. The van der Waals surface area contributed by atoms with Gasteiger partial charge in [-0.15, -0.1) is 0 Å². The number of rotatable bonds is 26. The standard InChI is InChI=1S/C24H46N2O9S.C2H6/c1-4-26(9-7-22(2)36-3)24(29)35-21-20-34-19-18-33-17-16-32-15-14-31-13-12-30-11-8-25-23(28)6-5-10-27;1-2/h10,22H,4-9,11-21H2,1-3H3,(H,25,28);1-2H3. The number of hydrogen-bond acceptors (Lipinski definition) is 10. The van der Waals surface area contributed by atoms with Gasteiger partial charge in [0, 0.05) is 37.7 Å². The van der Waals surface area contributed by atoms with Crippen molar-refractivity contribution in [3.05, 3.63) is 0 Å². The lowest BCUT2D eigenvalue weighted by Crippen LogP contribution is -2.34. The third kappa shape index (κ3) is 27.6. The highest BCUT2D eigenvalue weighted by molar-refractivity contribution is 7.99. The highest BCUT2D eigenvalue weighted by Gasteiger charge is 2.13. The Hall–Kier alpha value is -1.44. The molecule has 0 saturated heterocycles. The normalized spacial score (nSPS) is 11.3. The maximum absolute atomic E-state index is 12.1. The van der Waals surface area contributed by atoms with Crippen LogP contribution in [0.3, 0.4) is 0 Å².